The highest BCUT2D eigenvalue weighted by Crippen LogP contribution is 2.56. The van der Waals surface area contributed by atoms with Crippen molar-refractivity contribution in [2.75, 3.05) is 5.32 Å². The number of benzene rings is 8. The van der Waals surface area contributed by atoms with Crippen LogP contribution in [-0.2, 0) is 27.1 Å². The normalized spacial score (nSPS) is 16.1. The van der Waals surface area contributed by atoms with E-state index < -0.39 is 0 Å². The van der Waals surface area contributed by atoms with Gasteiger partial charge in [0.2, 0.25) is 0 Å². The molecule has 0 saturated carbocycles. The van der Waals surface area contributed by atoms with E-state index in [2.05, 4.69) is 240 Å². The summed E-state index contributed by atoms with van der Waals surface area (Å²) in [5.41, 5.74) is 29.9. The van der Waals surface area contributed by atoms with Gasteiger partial charge in [-0.25, -0.2) is 0 Å². The highest BCUT2D eigenvalue weighted by Gasteiger charge is 2.42. The van der Waals surface area contributed by atoms with Crippen LogP contribution in [0.3, 0.4) is 0 Å². The molecule has 68 heavy (non-hydrogen) atoms. The Morgan fingerprint density at radius 2 is 1.03 bits per heavy atom. The van der Waals surface area contributed by atoms with E-state index in [1.165, 1.54) is 127 Å². The molecule has 0 atom stereocenters. The molecule has 8 aromatic carbocycles. The van der Waals surface area contributed by atoms with Gasteiger partial charge in [-0.05, 0) is 136 Å². The summed E-state index contributed by atoms with van der Waals surface area (Å²) in [5, 5.41) is 6.70. The standard InChI is InChI=1S/C65H60BN2/c1-61(2,3)36-21-24-38(25-22-36)67-54-35-52-44(40-26-23-37(62(4,5)6)31-50(40)65(52,11)12)32-46(54)41-27-28-43-58-55(30-29-49-57(58)42-18-14-16-20-48(42)63(49,7)8)68-56-33-45-39-17-13-15-19-47(39)64(9,10)51(45)34-53(56)66-59(41)60(43)68/h13-35,67H,1-12H3. The number of rotatable bonds is 3. The van der Waals surface area contributed by atoms with Crippen molar-refractivity contribution >= 4 is 51.4 Å². The van der Waals surface area contributed by atoms with Gasteiger partial charge in [-0.2, -0.15) is 0 Å². The van der Waals surface area contributed by atoms with Crippen molar-refractivity contribution in [2.24, 2.45) is 0 Å². The van der Waals surface area contributed by atoms with Crippen LogP contribution in [0.1, 0.15) is 128 Å². The molecule has 333 valence electrons. The molecule has 3 heteroatoms. The molecule has 1 aliphatic heterocycles. The molecular weight excluding hydrogens is 820 g/mol. The summed E-state index contributed by atoms with van der Waals surface area (Å²) in [5.74, 6) is 0. The van der Waals surface area contributed by atoms with Gasteiger partial charge in [-0.1, -0.05) is 192 Å². The molecule has 1 aromatic heterocycles. The molecule has 1 N–H and O–H groups in total. The molecule has 1 radical (unpaired) electrons. The zero-order valence-electron chi connectivity index (χ0n) is 41.8. The third kappa shape index (κ3) is 5.48. The van der Waals surface area contributed by atoms with Crippen LogP contribution in [0.25, 0.3) is 72.0 Å². The lowest BCUT2D eigenvalue weighted by atomic mass is 9.58. The fraction of sp³-hybridized carbons (Fsp3) is 0.262. The van der Waals surface area contributed by atoms with Crippen LogP contribution in [0, 0.1) is 0 Å². The van der Waals surface area contributed by atoms with Crippen molar-refractivity contribution in [1.82, 2.24) is 4.57 Å². The molecule has 0 saturated heterocycles. The number of nitrogens with zero attached hydrogens (tertiary/aromatic N) is 1. The van der Waals surface area contributed by atoms with Gasteiger partial charge in [0, 0.05) is 55.2 Å². The zero-order chi connectivity index (χ0) is 47.2. The lowest BCUT2D eigenvalue weighted by Gasteiger charge is -2.28. The summed E-state index contributed by atoms with van der Waals surface area (Å²) in [6.07, 6.45) is 0. The molecule has 2 nitrogen and oxygen atoms in total. The Morgan fingerprint density at radius 3 is 1.75 bits per heavy atom. The minimum Gasteiger partial charge on any atom is -0.355 e. The lowest BCUT2D eigenvalue weighted by Crippen LogP contribution is -2.38. The monoisotopic (exact) mass is 879 g/mol. The van der Waals surface area contributed by atoms with Crippen molar-refractivity contribution in [2.45, 2.75) is 110 Å². The topological polar surface area (TPSA) is 17.0 Å². The number of hydrogen-bond donors (Lipinski definition) is 1. The Hall–Kier alpha value is -6.58. The summed E-state index contributed by atoms with van der Waals surface area (Å²) in [4.78, 5) is 0. The fourth-order valence-corrected chi connectivity index (χ4v) is 13.0. The van der Waals surface area contributed by atoms with E-state index in [1.54, 1.807) is 0 Å². The highest BCUT2D eigenvalue weighted by molar-refractivity contribution is 6.73. The van der Waals surface area contributed by atoms with Crippen molar-refractivity contribution in [1.29, 1.82) is 0 Å². The van der Waals surface area contributed by atoms with Crippen LogP contribution in [0.4, 0.5) is 11.4 Å². The smallest absolute Gasteiger partial charge is 0.197 e. The molecular formula is C65H60BN2. The van der Waals surface area contributed by atoms with Gasteiger partial charge in [-0.15, -0.1) is 0 Å². The first-order valence-corrected chi connectivity index (χ1v) is 24.8. The van der Waals surface area contributed by atoms with E-state index in [4.69, 9.17) is 0 Å². The van der Waals surface area contributed by atoms with Gasteiger partial charge in [0.05, 0.1) is 5.52 Å². The molecule has 0 unspecified atom stereocenters. The maximum atomic E-state index is 4.05. The first-order valence-electron chi connectivity index (χ1n) is 24.8. The van der Waals surface area contributed by atoms with Crippen molar-refractivity contribution < 1.29 is 0 Å². The fourth-order valence-electron chi connectivity index (χ4n) is 13.0. The van der Waals surface area contributed by atoms with Gasteiger partial charge in [-0.3, -0.25) is 0 Å². The Bertz CT molecular complexity index is 3710. The first kappa shape index (κ1) is 41.6. The van der Waals surface area contributed by atoms with E-state index in [0.717, 1.165) is 11.4 Å². The number of nitrogens with one attached hydrogen (secondary N) is 1. The maximum Gasteiger partial charge on any atom is 0.197 e. The van der Waals surface area contributed by atoms with Crippen LogP contribution in [0.15, 0.2) is 140 Å². The average molecular weight is 880 g/mol. The van der Waals surface area contributed by atoms with Crippen molar-refractivity contribution in [3.8, 4) is 50.2 Å². The van der Waals surface area contributed by atoms with Gasteiger partial charge in [0.1, 0.15) is 0 Å². The Labute approximate surface area is 403 Å². The van der Waals surface area contributed by atoms with Crippen LogP contribution < -0.4 is 16.2 Å². The Kier molecular flexibility index (Phi) is 8.17. The average Bonchev–Trinajstić information content (AvgIpc) is 3.92. The number of anilines is 2. The highest BCUT2D eigenvalue weighted by atomic mass is 15.0. The second-order valence-corrected chi connectivity index (χ2v) is 24.1. The summed E-state index contributed by atoms with van der Waals surface area (Å²) in [6.45, 7) is 28.3. The zero-order valence-corrected chi connectivity index (χ0v) is 41.8. The minimum absolute atomic E-state index is 0.0513. The van der Waals surface area contributed by atoms with Crippen molar-refractivity contribution in [3.63, 3.8) is 0 Å². The number of aromatic nitrogens is 1. The molecule has 2 heterocycles. The first-order chi connectivity index (χ1) is 32.2. The van der Waals surface area contributed by atoms with Gasteiger partial charge >= 0.3 is 0 Å². The third-order valence-corrected chi connectivity index (χ3v) is 16.9. The predicted octanol–water partition coefficient (Wildman–Crippen LogP) is 15.7. The van der Waals surface area contributed by atoms with Gasteiger partial charge in [0.25, 0.3) is 0 Å². The Balaban J connectivity index is 1.11. The minimum atomic E-state index is -0.179. The van der Waals surface area contributed by atoms with E-state index in [0.29, 0.717) is 0 Å². The molecule has 3 aliphatic carbocycles. The second-order valence-electron chi connectivity index (χ2n) is 24.1. The van der Waals surface area contributed by atoms with E-state index in [1.807, 2.05) is 0 Å². The molecule has 0 fully saturated rings. The van der Waals surface area contributed by atoms with Crippen LogP contribution >= 0.6 is 0 Å². The predicted molar refractivity (Wildman–Crippen MR) is 291 cm³/mol. The maximum absolute atomic E-state index is 4.05. The van der Waals surface area contributed by atoms with Gasteiger partial charge in [0.15, 0.2) is 7.28 Å². The summed E-state index contributed by atoms with van der Waals surface area (Å²) in [6, 6.07) is 54.4. The molecule has 0 amide bonds. The SMILES string of the molecule is CC(C)(C)c1ccc(Nc2cc3c(cc2-c2ccc4c5c6c(ccc5n5c4c2[B]c2cc4c(cc2-5)-c2ccccc2C4(C)C)C(C)(C)c2ccccc2-6)-c2ccc(C(C)(C)C)cc2C3(C)C)cc1. The summed E-state index contributed by atoms with van der Waals surface area (Å²) >= 11 is 0. The molecule has 13 rings (SSSR count). The summed E-state index contributed by atoms with van der Waals surface area (Å²) < 4.78 is 2.64. The molecule has 9 aromatic rings. The van der Waals surface area contributed by atoms with Crippen LogP contribution in [-0.4, -0.2) is 11.8 Å². The third-order valence-electron chi connectivity index (χ3n) is 16.9. The van der Waals surface area contributed by atoms with E-state index in [9.17, 15) is 0 Å². The van der Waals surface area contributed by atoms with Crippen LogP contribution in [0.5, 0.6) is 0 Å². The quantitative estimate of drug-likeness (QED) is 0.175. The Morgan fingerprint density at radius 1 is 0.456 bits per heavy atom. The number of hydrogen-bond acceptors (Lipinski definition) is 1. The molecule has 0 spiro atoms. The van der Waals surface area contributed by atoms with E-state index in [-0.39, 0.29) is 27.1 Å². The lowest BCUT2D eigenvalue weighted by molar-refractivity contribution is 0.584. The molecule has 0 bridgehead atoms. The number of fused-ring (bicyclic) bond motifs is 15. The summed E-state index contributed by atoms with van der Waals surface area (Å²) in [7, 11) is 2.53. The second kappa shape index (κ2) is 13.4. The largest absolute Gasteiger partial charge is 0.355 e. The van der Waals surface area contributed by atoms with Crippen LogP contribution in [0.2, 0.25) is 0 Å². The van der Waals surface area contributed by atoms with Crippen molar-refractivity contribution in [3.05, 3.63) is 184 Å². The van der Waals surface area contributed by atoms with Gasteiger partial charge < -0.3 is 9.88 Å². The molecule has 4 aliphatic rings. The van der Waals surface area contributed by atoms with E-state index >= 15 is 0 Å².